The van der Waals surface area contributed by atoms with Crippen molar-refractivity contribution in [2.45, 2.75) is 20.3 Å². The first-order chi connectivity index (χ1) is 11.1. The van der Waals surface area contributed by atoms with Crippen molar-refractivity contribution in [3.8, 4) is 0 Å². The molecule has 3 heterocycles. The lowest BCUT2D eigenvalue weighted by atomic mass is 10.1. The molecule has 1 amide bonds. The van der Waals surface area contributed by atoms with Crippen LogP contribution in [0, 0.1) is 13.8 Å². The maximum atomic E-state index is 12.2. The zero-order valence-corrected chi connectivity index (χ0v) is 14.3. The third kappa shape index (κ3) is 3.89. The number of aryl methyl sites for hydroxylation is 2. The molecule has 1 fully saturated rings. The van der Waals surface area contributed by atoms with E-state index < -0.39 is 0 Å². The molecule has 0 spiro atoms. The van der Waals surface area contributed by atoms with Crippen molar-refractivity contribution in [2.75, 3.05) is 36.5 Å². The van der Waals surface area contributed by atoms with E-state index >= 15 is 0 Å². The summed E-state index contributed by atoms with van der Waals surface area (Å²) < 4.78 is 5.38. The van der Waals surface area contributed by atoms with Crippen molar-refractivity contribution in [3.63, 3.8) is 0 Å². The van der Waals surface area contributed by atoms with Gasteiger partial charge in [-0.3, -0.25) is 4.79 Å². The number of pyridine rings is 1. The average Bonchev–Trinajstić information content (AvgIpc) is 3.04. The van der Waals surface area contributed by atoms with E-state index in [2.05, 4.69) is 15.2 Å². The number of aromatic nitrogens is 1. The number of hydrogen-bond acceptors (Lipinski definition) is 5. The Morgan fingerprint density at radius 3 is 2.83 bits per heavy atom. The van der Waals surface area contributed by atoms with Gasteiger partial charge in [0.25, 0.3) is 0 Å². The summed E-state index contributed by atoms with van der Waals surface area (Å²) in [6.45, 7) is 7.14. The van der Waals surface area contributed by atoms with Crippen LogP contribution in [0.1, 0.15) is 16.8 Å². The van der Waals surface area contributed by atoms with Gasteiger partial charge >= 0.3 is 0 Å². The van der Waals surface area contributed by atoms with Crippen LogP contribution in [0.15, 0.2) is 22.9 Å². The summed E-state index contributed by atoms with van der Waals surface area (Å²) in [5.74, 6) is 0.953. The summed E-state index contributed by atoms with van der Waals surface area (Å²) in [6, 6.07) is 4.02. The highest BCUT2D eigenvalue weighted by Gasteiger charge is 2.16. The summed E-state index contributed by atoms with van der Waals surface area (Å²) >= 11 is 1.60. The lowest BCUT2D eigenvalue weighted by Gasteiger charge is -2.28. The number of nitrogens with one attached hydrogen (secondary N) is 1. The minimum absolute atomic E-state index is 0.00415. The Labute approximate surface area is 140 Å². The molecule has 0 radical (unpaired) electrons. The van der Waals surface area contributed by atoms with Crippen LogP contribution in [-0.2, 0) is 16.0 Å². The minimum atomic E-state index is -0.00415. The molecule has 0 saturated carbocycles. The van der Waals surface area contributed by atoms with Gasteiger partial charge < -0.3 is 15.0 Å². The van der Waals surface area contributed by atoms with E-state index in [0.717, 1.165) is 54.6 Å². The largest absolute Gasteiger partial charge is 0.378 e. The molecule has 122 valence electrons. The van der Waals surface area contributed by atoms with Crippen molar-refractivity contribution in [2.24, 2.45) is 0 Å². The lowest BCUT2D eigenvalue weighted by molar-refractivity contribution is -0.115. The highest BCUT2D eigenvalue weighted by molar-refractivity contribution is 7.08. The molecule has 1 saturated heterocycles. The molecule has 23 heavy (non-hydrogen) atoms. The van der Waals surface area contributed by atoms with Gasteiger partial charge in [0.1, 0.15) is 5.82 Å². The van der Waals surface area contributed by atoms with Crippen molar-refractivity contribution >= 4 is 28.7 Å². The first-order valence-corrected chi connectivity index (χ1v) is 8.69. The Balaban J connectivity index is 1.73. The Morgan fingerprint density at radius 1 is 1.39 bits per heavy atom. The molecule has 3 rings (SSSR count). The van der Waals surface area contributed by atoms with Crippen molar-refractivity contribution in [1.82, 2.24) is 4.98 Å². The molecular formula is C17H21N3O2S. The van der Waals surface area contributed by atoms with Crippen LogP contribution in [0.25, 0.3) is 0 Å². The highest BCUT2D eigenvalue weighted by Crippen LogP contribution is 2.24. The summed E-state index contributed by atoms with van der Waals surface area (Å²) in [7, 11) is 0. The van der Waals surface area contributed by atoms with Crippen LogP contribution < -0.4 is 10.2 Å². The normalized spacial score (nSPS) is 14.8. The van der Waals surface area contributed by atoms with E-state index in [1.807, 2.05) is 36.7 Å². The Bertz CT molecular complexity index is 656. The zero-order valence-electron chi connectivity index (χ0n) is 13.5. The van der Waals surface area contributed by atoms with E-state index in [-0.39, 0.29) is 5.91 Å². The van der Waals surface area contributed by atoms with Gasteiger partial charge in [0.15, 0.2) is 0 Å². The highest BCUT2D eigenvalue weighted by atomic mass is 32.1. The predicted octanol–water partition coefficient (Wildman–Crippen LogP) is 2.78. The molecule has 0 atom stereocenters. The van der Waals surface area contributed by atoms with Crippen LogP contribution in [0.3, 0.4) is 0 Å². The molecule has 5 nitrogen and oxygen atoms in total. The average molecular weight is 331 g/mol. The topological polar surface area (TPSA) is 54.5 Å². The van der Waals surface area contributed by atoms with Gasteiger partial charge in [-0.25, -0.2) is 4.98 Å². The van der Waals surface area contributed by atoms with E-state index in [1.54, 1.807) is 11.3 Å². The summed E-state index contributed by atoms with van der Waals surface area (Å²) in [6.07, 6.45) is 0.396. The molecule has 1 aliphatic rings. The van der Waals surface area contributed by atoms with Gasteiger partial charge in [-0.05, 0) is 47.9 Å². The predicted molar refractivity (Wildman–Crippen MR) is 93.4 cm³/mol. The maximum Gasteiger partial charge on any atom is 0.228 e. The second-order valence-electron chi connectivity index (χ2n) is 5.71. The van der Waals surface area contributed by atoms with E-state index in [1.165, 1.54) is 0 Å². The number of nitrogens with zero attached hydrogens (tertiary/aromatic N) is 2. The summed E-state index contributed by atoms with van der Waals surface area (Å²) in [5, 5.41) is 6.99. The quantitative estimate of drug-likeness (QED) is 0.936. The second-order valence-corrected chi connectivity index (χ2v) is 6.49. The fourth-order valence-corrected chi connectivity index (χ4v) is 3.39. The van der Waals surface area contributed by atoms with Crippen LogP contribution in [-0.4, -0.2) is 37.2 Å². The molecule has 2 aromatic heterocycles. The van der Waals surface area contributed by atoms with Gasteiger partial charge in [-0.1, -0.05) is 0 Å². The van der Waals surface area contributed by atoms with Crippen molar-refractivity contribution in [3.05, 3.63) is 39.7 Å². The zero-order chi connectivity index (χ0) is 16.2. The second kappa shape index (κ2) is 7.10. The number of carbonyl (C=O) groups is 1. The van der Waals surface area contributed by atoms with E-state index in [0.29, 0.717) is 6.42 Å². The maximum absolute atomic E-state index is 12.2. The van der Waals surface area contributed by atoms with Gasteiger partial charge in [-0.2, -0.15) is 11.3 Å². The fraction of sp³-hybridized carbons (Fsp3) is 0.412. The van der Waals surface area contributed by atoms with Gasteiger partial charge in [0.2, 0.25) is 5.91 Å². The number of ether oxygens (including phenoxy) is 1. The number of thiophene rings is 1. The van der Waals surface area contributed by atoms with Crippen LogP contribution in [0.2, 0.25) is 0 Å². The SMILES string of the molecule is Cc1cc(N2CCOCC2)nc(C)c1NC(=O)Cc1ccsc1. The van der Waals surface area contributed by atoms with Gasteiger partial charge in [-0.15, -0.1) is 0 Å². The number of hydrogen-bond donors (Lipinski definition) is 1. The van der Waals surface area contributed by atoms with Crippen LogP contribution >= 0.6 is 11.3 Å². The number of rotatable bonds is 4. The Hall–Kier alpha value is -1.92. The number of anilines is 2. The standard InChI is InChI=1S/C17H21N3O2S/c1-12-9-15(20-4-6-22-7-5-20)18-13(2)17(12)19-16(21)10-14-3-8-23-11-14/h3,8-9,11H,4-7,10H2,1-2H3,(H,19,21). The summed E-state index contributed by atoms with van der Waals surface area (Å²) in [5.41, 5.74) is 3.76. The Kier molecular flexibility index (Phi) is 4.93. The minimum Gasteiger partial charge on any atom is -0.378 e. The molecule has 1 aliphatic heterocycles. The third-order valence-electron chi connectivity index (χ3n) is 3.93. The summed E-state index contributed by atoms with van der Waals surface area (Å²) in [4.78, 5) is 19.1. The van der Waals surface area contributed by atoms with E-state index in [4.69, 9.17) is 4.74 Å². The van der Waals surface area contributed by atoms with Gasteiger partial charge in [0.05, 0.1) is 31.0 Å². The molecule has 1 N–H and O–H groups in total. The lowest BCUT2D eigenvalue weighted by Crippen LogP contribution is -2.37. The molecule has 0 aromatic carbocycles. The smallest absolute Gasteiger partial charge is 0.228 e. The van der Waals surface area contributed by atoms with E-state index in [9.17, 15) is 4.79 Å². The molecule has 6 heteroatoms. The molecule has 0 bridgehead atoms. The number of amides is 1. The van der Waals surface area contributed by atoms with Crippen molar-refractivity contribution < 1.29 is 9.53 Å². The third-order valence-corrected chi connectivity index (χ3v) is 4.66. The van der Waals surface area contributed by atoms with Crippen LogP contribution in [0.4, 0.5) is 11.5 Å². The van der Waals surface area contributed by atoms with Crippen molar-refractivity contribution in [1.29, 1.82) is 0 Å². The first kappa shape index (κ1) is 16.0. The molecule has 0 aliphatic carbocycles. The van der Waals surface area contributed by atoms with Gasteiger partial charge in [0, 0.05) is 13.1 Å². The van der Waals surface area contributed by atoms with Crippen LogP contribution in [0.5, 0.6) is 0 Å². The number of morpholine rings is 1. The molecular weight excluding hydrogens is 310 g/mol. The monoisotopic (exact) mass is 331 g/mol. The first-order valence-electron chi connectivity index (χ1n) is 7.75. The Morgan fingerprint density at radius 2 is 2.17 bits per heavy atom. The molecule has 0 unspecified atom stereocenters. The fourth-order valence-electron chi connectivity index (χ4n) is 2.72. The number of carbonyl (C=O) groups excluding carboxylic acids is 1. The molecule has 2 aromatic rings.